The number of nitrogens with zero attached hydrogens (tertiary/aromatic N) is 3. The molecule has 2 aromatic heterocycles. The molecule has 0 saturated carbocycles. The molecule has 2 aromatic carbocycles. The van der Waals surface area contributed by atoms with Gasteiger partial charge in [0.1, 0.15) is 18.5 Å². The number of hydrogen-bond acceptors (Lipinski definition) is 3. The lowest BCUT2D eigenvalue weighted by Crippen LogP contribution is -2.28. The first kappa shape index (κ1) is 17.9. The van der Waals surface area contributed by atoms with Crippen LogP contribution in [-0.2, 0) is 11.2 Å². The van der Waals surface area contributed by atoms with Gasteiger partial charge < -0.3 is 10.3 Å². The molecule has 1 amide bonds. The summed E-state index contributed by atoms with van der Waals surface area (Å²) in [5.41, 5.74) is 4.41. The number of hydrogen-bond donors (Lipinski definition) is 2. The van der Waals surface area contributed by atoms with Crippen LogP contribution in [0.25, 0.3) is 16.6 Å². The molecule has 0 aliphatic carbocycles. The molecule has 0 saturated heterocycles. The fraction of sp³-hybridized carbons (Fsp3) is 0.190. The van der Waals surface area contributed by atoms with Crippen LogP contribution in [0.4, 0.5) is 4.39 Å². The number of amides is 1. The summed E-state index contributed by atoms with van der Waals surface area (Å²) in [6.07, 6.45) is 3.30. The predicted octanol–water partition coefficient (Wildman–Crippen LogP) is 3.62. The number of aryl methyl sites for hydroxylation is 1. The van der Waals surface area contributed by atoms with Gasteiger partial charge in [-0.3, -0.25) is 4.79 Å². The number of fused-ring (bicyclic) bond motifs is 1. The highest BCUT2D eigenvalue weighted by Gasteiger charge is 2.15. The van der Waals surface area contributed by atoms with Crippen LogP contribution >= 0.6 is 0 Å². The molecular weight excluding hydrogens is 357 g/mol. The highest BCUT2D eigenvalue weighted by Crippen LogP contribution is 2.24. The summed E-state index contributed by atoms with van der Waals surface area (Å²) in [5, 5.41) is 7.86. The van der Waals surface area contributed by atoms with Crippen LogP contribution < -0.4 is 5.32 Å². The van der Waals surface area contributed by atoms with Gasteiger partial charge in [0.25, 0.3) is 0 Å². The number of halogens is 1. The molecule has 2 N–H and O–H groups in total. The molecular formula is C21H20FN5O. The molecule has 1 unspecified atom stereocenters. The van der Waals surface area contributed by atoms with Crippen molar-refractivity contribution in [2.24, 2.45) is 0 Å². The maximum Gasteiger partial charge on any atom is 0.224 e. The van der Waals surface area contributed by atoms with Gasteiger partial charge in [-0.25, -0.2) is 14.1 Å². The summed E-state index contributed by atoms with van der Waals surface area (Å²) in [4.78, 5) is 19.7. The second-order valence-electron chi connectivity index (χ2n) is 6.82. The second-order valence-corrected chi connectivity index (χ2v) is 6.82. The van der Waals surface area contributed by atoms with E-state index in [0.717, 1.165) is 33.4 Å². The van der Waals surface area contributed by atoms with Crippen molar-refractivity contribution >= 4 is 16.8 Å². The molecule has 4 rings (SSSR count). The van der Waals surface area contributed by atoms with Crippen molar-refractivity contribution in [1.82, 2.24) is 25.1 Å². The normalized spacial score (nSPS) is 12.2. The van der Waals surface area contributed by atoms with Crippen molar-refractivity contribution in [3.05, 3.63) is 77.8 Å². The summed E-state index contributed by atoms with van der Waals surface area (Å²) in [5.74, 6) is -0.421. The van der Waals surface area contributed by atoms with E-state index < -0.39 is 0 Å². The molecule has 0 fully saturated rings. The van der Waals surface area contributed by atoms with E-state index in [0.29, 0.717) is 0 Å². The Balaban J connectivity index is 1.46. The minimum Gasteiger partial charge on any atom is -0.358 e. The minimum absolute atomic E-state index is 0.110. The molecule has 0 aliphatic rings. The Hall–Kier alpha value is -3.48. The standard InChI is InChI=1S/C21H20FN5O/c1-13(15-3-6-17(7-4-15)27-12-23-11-24-27)26-21(28)10-18-14(2)25-20-8-5-16(22)9-19(18)20/h3-9,11-13,25H,10H2,1-2H3,(H,26,28). The van der Waals surface area contributed by atoms with Gasteiger partial charge in [-0.15, -0.1) is 0 Å². The van der Waals surface area contributed by atoms with Gasteiger partial charge in [-0.1, -0.05) is 12.1 Å². The number of benzene rings is 2. The Kier molecular flexibility index (Phi) is 4.65. The predicted molar refractivity (Wildman–Crippen MR) is 105 cm³/mol. The fourth-order valence-corrected chi connectivity index (χ4v) is 3.38. The number of aromatic nitrogens is 4. The van der Waals surface area contributed by atoms with Crippen molar-refractivity contribution in [1.29, 1.82) is 0 Å². The maximum atomic E-state index is 13.6. The largest absolute Gasteiger partial charge is 0.358 e. The zero-order valence-corrected chi connectivity index (χ0v) is 15.6. The third kappa shape index (κ3) is 3.51. The number of carbonyl (C=O) groups is 1. The maximum absolute atomic E-state index is 13.6. The zero-order valence-electron chi connectivity index (χ0n) is 15.6. The van der Waals surface area contributed by atoms with E-state index in [2.05, 4.69) is 20.4 Å². The molecule has 4 aromatic rings. The summed E-state index contributed by atoms with van der Waals surface area (Å²) < 4.78 is 15.3. The van der Waals surface area contributed by atoms with E-state index in [4.69, 9.17) is 0 Å². The van der Waals surface area contributed by atoms with Crippen LogP contribution in [0.3, 0.4) is 0 Å². The SMILES string of the molecule is Cc1[nH]c2ccc(F)cc2c1CC(=O)NC(C)c1ccc(-n2cncn2)cc1. The van der Waals surface area contributed by atoms with Gasteiger partial charge in [-0.05, 0) is 55.3 Å². The van der Waals surface area contributed by atoms with Crippen LogP contribution in [0.15, 0.2) is 55.1 Å². The lowest BCUT2D eigenvalue weighted by atomic mass is 10.1. The summed E-state index contributed by atoms with van der Waals surface area (Å²) in [6, 6.07) is 12.2. The van der Waals surface area contributed by atoms with Gasteiger partial charge in [0.05, 0.1) is 18.2 Å². The quantitative estimate of drug-likeness (QED) is 0.558. The summed E-state index contributed by atoms with van der Waals surface area (Å²) >= 11 is 0. The van der Waals surface area contributed by atoms with Crippen molar-refractivity contribution in [2.45, 2.75) is 26.3 Å². The minimum atomic E-state index is -0.311. The van der Waals surface area contributed by atoms with Gasteiger partial charge in [0.15, 0.2) is 0 Å². The Morgan fingerprint density at radius 3 is 2.75 bits per heavy atom. The van der Waals surface area contributed by atoms with Crippen LogP contribution in [0.2, 0.25) is 0 Å². The first-order valence-corrected chi connectivity index (χ1v) is 9.02. The average molecular weight is 377 g/mol. The van der Waals surface area contributed by atoms with Crippen LogP contribution in [0.5, 0.6) is 0 Å². The molecule has 0 bridgehead atoms. The molecule has 28 heavy (non-hydrogen) atoms. The lowest BCUT2D eigenvalue weighted by molar-refractivity contribution is -0.121. The third-order valence-electron chi connectivity index (χ3n) is 4.87. The first-order chi connectivity index (χ1) is 13.5. The Morgan fingerprint density at radius 1 is 1.25 bits per heavy atom. The molecule has 7 heteroatoms. The molecule has 2 heterocycles. The van der Waals surface area contributed by atoms with Crippen LogP contribution in [-0.4, -0.2) is 25.7 Å². The van der Waals surface area contributed by atoms with E-state index in [9.17, 15) is 9.18 Å². The Morgan fingerprint density at radius 2 is 2.04 bits per heavy atom. The number of rotatable bonds is 5. The molecule has 6 nitrogen and oxygen atoms in total. The summed E-state index contributed by atoms with van der Waals surface area (Å²) in [6.45, 7) is 3.83. The van der Waals surface area contributed by atoms with Crippen molar-refractivity contribution in [3.63, 3.8) is 0 Å². The smallest absolute Gasteiger partial charge is 0.224 e. The van der Waals surface area contributed by atoms with Crippen LogP contribution in [0, 0.1) is 12.7 Å². The Bertz CT molecular complexity index is 1120. The monoisotopic (exact) mass is 377 g/mol. The first-order valence-electron chi connectivity index (χ1n) is 9.02. The van der Waals surface area contributed by atoms with Gasteiger partial charge in [0.2, 0.25) is 5.91 Å². The van der Waals surface area contributed by atoms with E-state index in [-0.39, 0.29) is 24.2 Å². The van der Waals surface area contributed by atoms with E-state index in [1.807, 2.05) is 38.1 Å². The Labute approximate surface area is 161 Å². The van der Waals surface area contributed by atoms with Gasteiger partial charge in [-0.2, -0.15) is 5.10 Å². The fourth-order valence-electron chi connectivity index (χ4n) is 3.38. The number of nitrogens with one attached hydrogen (secondary N) is 2. The second kappa shape index (κ2) is 7.26. The zero-order chi connectivity index (χ0) is 19.7. The third-order valence-corrected chi connectivity index (χ3v) is 4.87. The van der Waals surface area contributed by atoms with Crippen molar-refractivity contribution in [3.8, 4) is 5.69 Å². The molecule has 0 radical (unpaired) electrons. The highest BCUT2D eigenvalue weighted by molar-refractivity contribution is 5.90. The average Bonchev–Trinajstić information content (AvgIpc) is 3.31. The number of carbonyl (C=O) groups excluding carboxylic acids is 1. The van der Waals surface area contributed by atoms with Crippen molar-refractivity contribution in [2.75, 3.05) is 0 Å². The summed E-state index contributed by atoms with van der Waals surface area (Å²) in [7, 11) is 0. The van der Waals surface area contributed by atoms with Crippen LogP contribution in [0.1, 0.15) is 29.8 Å². The number of H-pyrrole nitrogens is 1. The van der Waals surface area contributed by atoms with E-state index in [1.165, 1.54) is 18.5 Å². The lowest BCUT2D eigenvalue weighted by Gasteiger charge is -2.15. The highest BCUT2D eigenvalue weighted by atomic mass is 19.1. The van der Waals surface area contributed by atoms with Gasteiger partial charge >= 0.3 is 0 Å². The van der Waals surface area contributed by atoms with Crippen molar-refractivity contribution < 1.29 is 9.18 Å². The number of aromatic amines is 1. The molecule has 142 valence electrons. The van der Waals surface area contributed by atoms with E-state index >= 15 is 0 Å². The molecule has 1 atom stereocenters. The topological polar surface area (TPSA) is 75.6 Å². The van der Waals surface area contributed by atoms with E-state index in [1.54, 1.807) is 17.1 Å². The molecule has 0 aliphatic heterocycles. The van der Waals surface area contributed by atoms with Gasteiger partial charge in [0, 0.05) is 16.6 Å². The molecule has 0 spiro atoms.